The summed E-state index contributed by atoms with van der Waals surface area (Å²) in [5, 5.41) is 0. The van der Waals surface area contributed by atoms with Gasteiger partial charge in [-0.15, -0.1) is 0 Å². The smallest absolute Gasteiger partial charge is 0.374 e. The van der Waals surface area contributed by atoms with Crippen LogP contribution in [-0.4, -0.2) is 19.2 Å². The Hall–Kier alpha value is -2.43. The maximum Gasteiger partial charge on any atom is 0.374 e. The number of carbonyl (C=O) groups excluding carboxylic acids is 1. The molecule has 1 aliphatic rings. The van der Waals surface area contributed by atoms with Crippen molar-refractivity contribution in [2.24, 2.45) is 0 Å². The number of carbonyl (C=O) groups is 1. The Morgan fingerprint density at radius 1 is 1.08 bits per heavy atom. The fourth-order valence-corrected chi connectivity index (χ4v) is 2.84. The van der Waals surface area contributed by atoms with E-state index in [0.29, 0.717) is 17.3 Å². The van der Waals surface area contributed by atoms with Crippen molar-refractivity contribution < 1.29 is 23.4 Å². The zero-order valence-electron chi connectivity index (χ0n) is 13.8. The van der Waals surface area contributed by atoms with Crippen molar-refractivity contribution >= 4 is 5.97 Å². The number of rotatable bonds is 6. The molecule has 1 aromatic carbocycles. The van der Waals surface area contributed by atoms with E-state index in [1.54, 1.807) is 19.2 Å². The highest BCUT2D eigenvalue weighted by Gasteiger charge is 2.21. The molecule has 0 unspecified atom stereocenters. The highest BCUT2D eigenvalue weighted by atomic mass is 16.6. The summed E-state index contributed by atoms with van der Waals surface area (Å²) in [5.41, 5.74) is 0. The maximum absolute atomic E-state index is 12.1. The average molecular weight is 330 g/mol. The minimum Gasteiger partial charge on any atom is -0.493 e. The number of hydrogen-bond donors (Lipinski definition) is 0. The van der Waals surface area contributed by atoms with E-state index in [2.05, 4.69) is 0 Å². The molecule has 3 rings (SSSR count). The first-order valence-electron chi connectivity index (χ1n) is 8.32. The number of methoxy groups -OCH3 is 1. The molecule has 24 heavy (non-hydrogen) atoms. The van der Waals surface area contributed by atoms with Gasteiger partial charge in [0.25, 0.3) is 0 Å². The molecule has 0 spiro atoms. The SMILES string of the molecule is COc1ccccc1OCc1ccc(C(=O)OC2CCCCC2)o1. The third-order valence-corrected chi connectivity index (χ3v) is 4.13. The molecule has 5 heteroatoms. The van der Waals surface area contributed by atoms with Crippen molar-refractivity contribution in [2.75, 3.05) is 7.11 Å². The van der Waals surface area contributed by atoms with Crippen LogP contribution in [-0.2, 0) is 11.3 Å². The van der Waals surface area contributed by atoms with Crippen molar-refractivity contribution in [2.45, 2.75) is 44.8 Å². The average Bonchev–Trinajstić information content (AvgIpc) is 3.10. The predicted molar refractivity (Wildman–Crippen MR) is 88.3 cm³/mol. The fourth-order valence-electron chi connectivity index (χ4n) is 2.84. The van der Waals surface area contributed by atoms with E-state index < -0.39 is 5.97 Å². The maximum atomic E-state index is 12.1. The summed E-state index contributed by atoms with van der Waals surface area (Å²) < 4.78 is 22.0. The van der Waals surface area contributed by atoms with Gasteiger partial charge in [0, 0.05) is 0 Å². The second-order valence-electron chi connectivity index (χ2n) is 5.87. The number of para-hydroxylation sites is 2. The largest absolute Gasteiger partial charge is 0.493 e. The third-order valence-electron chi connectivity index (χ3n) is 4.13. The van der Waals surface area contributed by atoms with E-state index in [1.165, 1.54) is 6.42 Å². The lowest BCUT2D eigenvalue weighted by molar-refractivity contribution is 0.0174. The molecule has 0 bridgehead atoms. The standard InChI is InChI=1S/C19H22O5/c1-21-16-9-5-6-10-17(16)22-13-15-11-12-18(23-15)19(20)24-14-7-3-2-4-8-14/h5-6,9-12,14H,2-4,7-8,13H2,1H3. The van der Waals surface area contributed by atoms with Crippen molar-refractivity contribution in [3.8, 4) is 11.5 Å². The Bertz CT molecular complexity index is 670. The van der Waals surface area contributed by atoms with E-state index in [9.17, 15) is 4.79 Å². The minimum absolute atomic E-state index is 0.0182. The summed E-state index contributed by atoms with van der Waals surface area (Å²) in [5.74, 6) is 1.67. The van der Waals surface area contributed by atoms with E-state index in [1.807, 2.05) is 24.3 Å². The van der Waals surface area contributed by atoms with Crippen molar-refractivity contribution in [3.63, 3.8) is 0 Å². The van der Waals surface area contributed by atoms with Crippen LogP contribution in [0.15, 0.2) is 40.8 Å². The number of benzene rings is 1. The lowest BCUT2D eigenvalue weighted by Crippen LogP contribution is -2.20. The first-order valence-corrected chi connectivity index (χ1v) is 8.32. The second-order valence-corrected chi connectivity index (χ2v) is 5.87. The number of ether oxygens (including phenoxy) is 3. The summed E-state index contributed by atoms with van der Waals surface area (Å²) in [6.07, 6.45) is 5.36. The highest BCUT2D eigenvalue weighted by Crippen LogP contribution is 2.27. The van der Waals surface area contributed by atoms with Crippen molar-refractivity contribution in [1.82, 2.24) is 0 Å². The van der Waals surface area contributed by atoms with Gasteiger partial charge in [-0.3, -0.25) is 0 Å². The lowest BCUT2D eigenvalue weighted by Gasteiger charge is -2.21. The van der Waals surface area contributed by atoms with Gasteiger partial charge in [0.1, 0.15) is 18.5 Å². The van der Waals surface area contributed by atoms with Crippen LogP contribution in [0.4, 0.5) is 0 Å². The molecule has 2 aromatic rings. The van der Waals surface area contributed by atoms with Gasteiger partial charge in [-0.2, -0.15) is 0 Å². The van der Waals surface area contributed by atoms with Gasteiger partial charge in [-0.1, -0.05) is 18.6 Å². The zero-order chi connectivity index (χ0) is 16.8. The molecule has 0 amide bonds. The van der Waals surface area contributed by atoms with Crippen LogP contribution >= 0.6 is 0 Å². The van der Waals surface area contributed by atoms with Crippen LogP contribution in [0.2, 0.25) is 0 Å². The van der Waals surface area contributed by atoms with Gasteiger partial charge < -0.3 is 18.6 Å². The molecular weight excluding hydrogens is 308 g/mol. The Kier molecular flexibility index (Phi) is 5.41. The molecule has 1 heterocycles. The molecule has 128 valence electrons. The van der Waals surface area contributed by atoms with Gasteiger partial charge in [0.15, 0.2) is 11.5 Å². The first-order chi connectivity index (χ1) is 11.8. The summed E-state index contributed by atoms with van der Waals surface area (Å²) in [6.45, 7) is 0.219. The van der Waals surface area contributed by atoms with E-state index in [-0.39, 0.29) is 18.5 Å². The molecule has 1 aromatic heterocycles. The Morgan fingerprint density at radius 2 is 1.83 bits per heavy atom. The van der Waals surface area contributed by atoms with Crippen LogP contribution in [0, 0.1) is 0 Å². The van der Waals surface area contributed by atoms with Gasteiger partial charge in [0.05, 0.1) is 7.11 Å². The normalized spacial score (nSPS) is 15.0. The van der Waals surface area contributed by atoms with Crippen LogP contribution in [0.1, 0.15) is 48.4 Å². The first kappa shape index (κ1) is 16.4. The van der Waals surface area contributed by atoms with Crippen LogP contribution in [0.3, 0.4) is 0 Å². The molecule has 0 N–H and O–H groups in total. The Morgan fingerprint density at radius 3 is 2.58 bits per heavy atom. The van der Waals surface area contributed by atoms with Gasteiger partial charge in [-0.05, 0) is 49.9 Å². The molecule has 1 aliphatic carbocycles. The van der Waals surface area contributed by atoms with Gasteiger partial charge in [0.2, 0.25) is 5.76 Å². The molecule has 5 nitrogen and oxygen atoms in total. The lowest BCUT2D eigenvalue weighted by atomic mass is 9.98. The molecule has 0 aliphatic heterocycles. The highest BCUT2D eigenvalue weighted by molar-refractivity contribution is 5.86. The summed E-state index contributed by atoms with van der Waals surface area (Å²) >= 11 is 0. The minimum atomic E-state index is -0.398. The molecule has 0 atom stereocenters. The molecular formula is C19H22O5. The Balaban J connectivity index is 1.56. The van der Waals surface area contributed by atoms with Crippen molar-refractivity contribution in [3.05, 3.63) is 47.9 Å². The van der Waals surface area contributed by atoms with E-state index in [4.69, 9.17) is 18.6 Å². The number of furan rings is 1. The van der Waals surface area contributed by atoms with Crippen LogP contribution in [0.25, 0.3) is 0 Å². The molecule has 0 radical (unpaired) electrons. The number of esters is 1. The van der Waals surface area contributed by atoms with Gasteiger partial charge >= 0.3 is 5.97 Å². The number of hydrogen-bond acceptors (Lipinski definition) is 5. The van der Waals surface area contributed by atoms with E-state index >= 15 is 0 Å². The second kappa shape index (κ2) is 7.90. The fraction of sp³-hybridized carbons (Fsp3) is 0.421. The predicted octanol–water partition coefficient (Wildman–Crippen LogP) is 4.36. The quantitative estimate of drug-likeness (QED) is 0.737. The third kappa shape index (κ3) is 4.10. The van der Waals surface area contributed by atoms with Crippen LogP contribution in [0.5, 0.6) is 11.5 Å². The van der Waals surface area contributed by atoms with Crippen LogP contribution < -0.4 is 9.47 Å². The Labute approximate surface area is 141 Å². The topological polar surface area (TPSA) is 57.9 Å². The molecule has 1 fully saturated rings. The van der Waals surface area contributed by atoms with E-state index in [0.717, 1.165) is 25.7 Å². The molecule has 1 saturated carbocycles. The summed E-state index contributed by atoms with van der Waals surface area (Å²) in [4.78, 5) is 12.1. The molecule has 0 saturated heterocycles. The van der Waals surface area contributed by atoms with Crippen molar-refractivity contribution in [1.29, 1.82) is 0 Å². The summed E-state index contributed by atoms with van der Waals surface area (Å²) in [6, 6.07) is 10.7. The monoisotopic (exact) mass is 330 g/mol. The van der Waals surface area contributed by atoms with Gasteiger partial charge in [-0.25, -0.2) is 4.79 Å². The zero-order valence-corrected chi connectivity index (χ0v) is 13.8. The summed E-state index contributed by atoms with van der Waals surface area (Å²) in [7, 11) is 1.59.